The van der Waals surface area contributed by atoms with E-state index < -0.39 is 40.4 Å². The van der Waals surface area contributed by atoms with Crippen molar-refractivity contribution in [1.82, 2.24) is 0 Å². The van der Waals surface area contributed by atoms with E-state index in [-0.39, 0.29) is 11.1 Å². The molecule has 2 aliphatic rings. The van der Waals surface area contributed by atoms with Crippen molar-refractivity contribution in [3.05, 3.63) is 88.0 Å². The van der Waals surface area contributed by atoms with Crippen molar-refractivity contribution in [1.29, 1.82) is 0 Å². The summed E-state index contributed by atoms with van der Waals surface area (Å²) in [6, 6.07) is 10.6. The average Bonchev–Trinajstić information content (AvgIpc) is 3.18. The largest absolute Gasteiger partial charge is 0.435 e. The summed E-state index contributed by atoms with van der Waals surface area (Å²) in [7, 11) is 0. The fourth-order valence-electron chi connectivity index (χ4n) is 4.09. The van der Waals surface area contributed by atoms with E-state index in [9.17, 15) is 22.0 Å². The topological polar surface area (TPSA) is 21.6 Å². The molecule has 0 bridgehead atoms. The minimum absolute atomic E-state index is 0.0549. The van der Waals surface area contributed by atoms with Crippen molar-refractivity contribution in [3.63, 3.8) is 0 Å². The van der Waals surface area contributed by atoms with Crippen LogP contribution in [0.15, 0.2) is 65.3 Å². The Morgan fingerprint density at radius 1 is 1.00 bits per heavy atom. The molecule has 0 amide bonds. The van der Waals surface area contributed by atoms with Crippen LogP contribution >= 0.6 is 11.6 Å². The second-order valence-electron chi connectivity index (χ2n) is 8.69. The quantitative estimate of drug-likeness (QED) is 0.336. The zero-order chi connectivity index (χ0) is 23.3. The zero-order valence-electron chi connectivity index (χ0n) is 17.2. The van der Waals surface area contributed by atoms with Crippen LogP contribution in [0.2, 0.25) is 5.02 Å². The molecule has 32 heavy (non-hydrogen) atoms. The molecule has 0 spiro atoms. The molecule has 8 heteroatoms. The van der Waals surface area contributed by atoms with Gasteiger partial charge in [-0.1, -0.05) is 67.0 Å². The van der Waals surface area contributed by atoms with Gasteiger partial charge in [0.2, 0.25) is 0 Å². The Bertz CT molecular complexity index is 1130. The molecule has 1 atom stereocenters. The van der Waals surface area contributed by atoms with Gasteiger partial charge in [0, 0.05) is 12.0 Å². The molecule has 0 radical (unpaired) electrons. The van der Waals surface area contributed by atoms with Crippen molar-refractivity contribution in [2.75, 3.05) is 0 Å². The fraction of sp³-hybridized carbons (Fsp3) is 0.292. The molecule has 0 fully saturated rings. The number of oxime groups is 1. The predicted molar refractivity (Wildman–Crippen MR) is 113 cm³/mol. The predicted octanol–water partition coefficient (Wildman–Crippen LogP) is 7.59. The summed E-state index contributed by atoms with van der Waals surface area (Å²) < 4.78 is 70.5. The Hall–Kier alpha value is -2.67. The van der Waals surface area contributed by atoms with Gasteiger partial charge >= 0.3 is 6.18 Å². The van der Waals surface area contributed by atoms with Crippen LogP contribution in [0.5, 0.6) is 0 Å². The van der Waals surface area contributed by atoms with Gasteiger partial charge in [-0.05, 0) is 46.8 Å². The molecule has 4 rings (SSSR count). The second kappa shape index (κ2) is 7.73. The number of rotatable bonds is 3. The molecule has 2 aromatic carbocycles. The van der Waals surface area contributed by atoms with Gasteiger partial charge in [0.15, 0.2) is 0 Å². The van der Waals surface area contributed by atoms with E-state index in [0.29, 0.717) is 24.1 Å². The van der Waals surface area contributed by atoms with Crippen LogP contribution in [0.1, 0.15) is 37.8 Å². The summed E-state index contributed by atoms with van der Waals surface area (Å²) in [4.78, 5) is 4.93. The first kappa shape index (κ1) is 22.5. The summed E-state index contributed by atoms with van der Waals surface area (Å²) in [6.07, 6.45) is -1.39. The summed E-state index contributed by atoms with van der Waals surface area (Å²) in [5.41, 5.74) is -1.65. The highest BCUT2D eigenvalue weighted by Crippen LogP contribution is 2.50. The van der Waals surface area contributed by atoms with Gasteiger partial charge < -0.3 is 4.84 Å². The number of alkyl halides is 3. The third-order valence-electron chi connectivity index (χ3n) is 5.64. The van der Waals surface area contributed by atoms with Gasteiger partial charge in [0.25, 0.3) is 5.60 Å². The number of hydrogen-bond donors (Lipinski definition) is 0. The van der Waals surface area contributed by atoms with Crippen LogP contribution in [0.25, 0.3) is 5.57 Å². The summed E-state index contributed by atoms with van der Waals surface area (Å²) in [5.74, 6) is -2.60. The Balaban J connectivity index is 1.75. The van der Waals surface area contributed by atoms with Gasteiger partial charge in [0.05, 0.1) is 5.71 Å². The third kappa shape index (κ3) is 3.94. The fourth-order valence-corrected chi connectivity index (χ4v) is 4.20. The Morgan fingerprint density at radius 2 is 1.62 bits per heavy atom. The van der Waals surface area contributed by atoms with Gasteiger partial charge in [-0.25, -0.2) is 8.78 Å². The summed E-state index contributed by atoms with van der Waals surface area (Å²) >= 11 is 5.45. The van der Waals surface area contributed by atoms with E-state index >= 15 is 0 Å². The maximum absolute atomic E-state index is 14.2. The second-order valence-corrected chi connectivity index (χ2v) is 9.06. The van der Waals surface area contributed by atoms with Crippen molar-refractivity contribution < 1.29 is 26.8 Å². The molecule has 1 aliphatic carbocycles. The molecule has 0 N–H and O–H groups in total. The number of halogens is 6. The zero-order valence-corrected chi connectivity index (χ0v) is 18.0. The van der Waals surface area contributed by atoms with Crippen molar-refractivity contribution >= 4 is 22.9 Å². The van der Waals surface area contributed by atoms with E-state index in [4.69, 9.17) is 16.4 Å². The van der Waals surface area contributed by atoms with Crippen LogP contribution in [-0.4, -0.2) is 11.9 Å². The molecule has 1 unspecified atom stereocenters. The molecule has 2 nitrogen and oxygen atoms in total. The Kier molecular flexibility index (Phi) is 5.44. The lowest BCUT2D eigenvalue weighted by Crippen LogP contribution is -2.43. The molecule has 1 aliphatic heterocycles. The van der Waals surface area contributed by atoms with E-state index in [0.717, 1.165) is 11.1 Å². The van der Waals surface area contributed by atoms with E-state index in [1.54, 1.807) is 6.08 Å². The SMILES string of the molecule is CC1(C)C=C(C2=NOC(c3cc(F)c(Cl)c(F)c3)(C(F)(F)F)C2)C=C(c2ccccc2)C1. The van der Waals surface area contributed by atoms with Crippen molar-refractivity contribution in [3.8, 4) is 0 Å². The first-order valence-corrected chi connectivity index (χ1v) is 10.3. The number of hydrogen-bond acceptors (Lipinski definition) is 2. The maximum Gasteiger partial charge on any atom is 0.435 e. The van der Waals surface area contributed by atoms with Gasteiger partial charge in [-0.15, -0.1) is 0 Å². The minimum atomic E-state index is -4.98. The van der Waals surface area contributed by atoms with Gasteiger partial charge in [-0.2, -0.15) is 13.2 Å². The number of benzene rings is 2. The van der Waals surface area contributed by atoms with Crippen LogP contribution in [0.4, 0.5) is 22.0 Å². The molecule has 168 valence electrons. The molecule has 0 saturated carbocycles. The highest BCUT2D eigenvalue weighted by atomic mass is 35.5. The first-order chi connectivity index (χ1) is 14.9. The normalized spacial score (nSPS) is 22.7. The molecule has 2 aromatic rings. The van der Waals surface area contributed by atoms with E-state index in [1.807, 2.05) is 50.3 Å². The Labute approximate surface area is 187 Å². The summed E-state index contributed by atoms with van der Waals surface area (Å²) in [6.45, 7) is 3.94. The minimum Gasteiger partial charge on any atom is -0.374 e. The Morgan fingerprint density at radius 3 is 2.22 bits per heavy atom. The molecule has 0 saturated heterocycles. The molecular weight excluding hydrogens is 449 g/mol. The highest BCUT2D eigenvalue weighted by molar-refractivity contribution is 6.30. The van der Waals surface area contributed by atoms with Crippen molar-refractivity contribution in [2.24, 2.45) is 10.6 Å². The third-order valence-corrected chi connectivity index (χ3v) is 6.00. The monoisotopic (exact) mass is 467 g/mol. The van der Waals surface area contributed by atoms with Crippen LogP contribution in [0, 0.1) is 17.0 Å². The highest BCUT2D eigenvalue weighted by Gasteiger charge is 2.62. The van der Waals surface area contributed by atoms with Crippen LogP contribution in [0.3, 0.4) is 0 Å². The van der Waals surface area contributed by atoms with Crippen molar-refractivity contribution in [2.45, 2.75) is 38.5 Å². The molecular formula is C24H19ClF5NO. The van der Waals surface area contributed by atoms with Gasteiger partial charge in [-0.3, -0.25) is 0 Å². The lowest BCUT2D eigenvalue weighted by Gasteiger charge is -2.30. The lowest BCUT2D eigenvalue weighted by atomic mass is 9.75. The van der Waals surface area contributed by atoms with Crippen LogP contribution in [-0.2, 0) is 10.4 Å². The molecule has 1 heterocycles. The maximum atomic E-state index is 14.2. The number of nitrogens with zero attached hydrogens (tertiary/aromatic N) is 1. The van der Waals surface area contributed by atoms with Crippen LogP contribution < -0.4 is 0 Å². The lowest BCUT2D eigenvalue weighted by molar-refractivity contribution is -0.276. The van der Waals surface area contributed by atoms with Gasteiger partial charge in [0.1, 0.15) is 16.7 Å². The standard InChI is InChI=1S/C24H19ClF5NO/c1-22(2)11-15(14-6-4-3-5-7-14)8-16(12-22)20-13-23(32-31-20,24(28,29)30)17-9-18(26)21(25)19(27)10-17/h3-10,12H,11,13H2,1-2H3. The van der Waals surface area contributed by atoms with E-state index in [1.165, 1.54) is 0 Å². The van der Waals surface area contributed by atoms with E-state index in [2.05, 4.69) is 5.16 Å². The smallest absolute Gasteiger partial charge is 0.374 e. The number of allylic oxidation sites excluding steroid dienone is 4. The summed E-state index contributed by atoms with van der Waals surface area (Å²) in [5, 5.41) is 2.86. The first-order valence-electron chi connectivity index (χ1n) is 9.88. The molecule has 0 aromatic heterocycles. The average molecular weight is 468 g/mol.